The van der Waals surface area contributed by atoms with Gasteiger partial charge in [0.15, 0.2) is 0 Å². The average Bonchev–Trinajstić information content (AvgIpc) is 2.49. The molecule has 0 bridgehead atoms. The van der Waals surface area contributed by atoms with Crippen molar-refractivity contribution in [3.05, 3.63) is 0 Å². The first-order valence-electron chi connectivity index (χ1n) is 7.66. The number of amides is 2. The third kappa shape index (κ3) is 3.23. The second-order valence-electron chi connectivity index (χ2n) is 5.59. The molecule has 0 aromatic rings. The van der Waals surface area contributed by atoms with Gasteiger partial charge in [0, 0.05) is 19.1 Å². The van der Waals surface area contributed by atoms with Crippen molar-refractivity contribution in [2.75, 3.05) is 26.2 Å². The summed E-state index contributed by atoms with van der Waals surface area (Å²) < 4.78 is 0. The SMILES string of the molecule is CCN(C(=O)N1CCCCC1C(=O)O)C1CCNCC1. The maximum absolute atomic E-state index is 12.7. The molecule has 0 saturated carbocycles. The number of nitrogens with one attached hydrogen (secondary N) is 1. The number of carbonyl (C=O) groups is 2. The number of carboxylic acid groups (broad SMARTS) is 1. The molecule has 2 aliphatic heterocycles. The smallest absolute Gasteiger partial charge is 0.326 e. The quantitative estimate of drug-likeness (QED) is 0.814. The summed E-state index contributed by atoms with van der Waals surface area (Å²) in [6, 6.07) is -0.497. The van der Waals surface area contributed by atoms with Crippen LogP contribution in [0.15, 0.2) is 0 Å². The fourth-order valence-corrected chi connectivity index (χ4v) is 3.25. The van der Waals surface area contributed by atoms with Gasteiger partial charge in [0.05, 0.1) is 0 Å². The van der Waals surface area contributed by atoms with Crippen molar-refractivity contribution < 1.29 is 14.7 Å². The lowest BCUT2D eigenvalue weighted by Gasteiger charge is -2.41. The Hall–Kier alpha value is -1.30. The topological polar surface area (TPSA) is 72.9 Å². The van der Waals surface area contributed by atoms with Crippen LogP contribution in [0.5, 0.6) is 0 Å². The molecule has 114 valence electrons. The van der Waals surface area contributed by atoms with Crippen molar-refractivity contribution in [3.63, 3.8) is 0 Å². The van der Waals surface area contributed by atoms with E-state index >= 15 is 0 Å². The van der Waals surface area contributed by atoms with Gasteiger partial charge in [-0.05, 0) is 52.1 Å². The van der Waals surface area contributed by atoms with E-state index in [-0.39, 0.29) is 12.1 Å². The van der Waals surface area contributed by atoms with Crippen LogP contribution in [-0.2, 0) is 4.79 Å². The molecule has 2 heterocycles. The molecular weight excluding hydrogens is 258 g/mol. The van der Waals surface area contributed by atoms with Crippen LogP contribution < -0.4 is 5.32 Å². The van der Waals surface area contributed by atoms with E-state index in [1.807, 2.05) is 11.8 Å². The number of hydrogen-bond acceptors (Lipinski definition) is 3. The Kier molecular flexibility index (Phi) is 5.23. The summed E-state index contributed by atoms with van der Waals surface area (Å²) in [4.78, 5) is 27.5. The molecule has 20 heavy (non-hydrogen) atoms. The summed E-state index contributed by atoms with van der Waals surface area (Å²) in [7, 11) is 0. The molecule has 2 amide bonds. The highest BCUT2D eigenvalue weighted by molar-refractivity contribution is 5.83. The van der Waals surface area contributed by atoms with Crippen molar-refractivity contribution in [3.8, 4) is 0 Å². The van der Waals surface area contributed by atoms with Crippen molar-refractivity contribution in [2.24, 2.45) is 0 Å². The predicted molar refractivity (Wildman–Crippen MR) is 75.6 cm³/mol. The zero-order valence-electron chi connectivity index (χ0n) is 12.2. The lowest BCUT2D eigenvalue weighted by Crippen LogP contribution is -2.56. The minimum atomic E-state index is -0.876. The summed E-state index contributed by atoms with van der Waals surface area (Å²) in [5, 5.41) is 12.6. The molecule has 6 heteroatoms. The Labute approximate surface area is 120 Å². The third-order valence-corrected chi connectivity index (χ3v) is 4.37. The normalized spacial score (nSPS) is 24.4. The number of carbonyl (C=O) groups excluding carboxylic acids is 1. The summed E-state index contributed by atoms with van der Waals surface area (Å²) in [5.74, 6) is -0.876. The Morgan fingerprint density at radius 2 is 1.95 bits per heavy atom. The molecule has 6 nitrogen and oxygen atoms in total. The Balaban J connectivity index is 2.07. The van der Waals surface area contributed by atoms with Crippen molar-refractivity contribution in [1.82, 2.24) is 15.1 Å². The number of urea groups is 1. The maximum atomic E-state index is 12.7. The fourth-order valence-electron chi connectivity index (χ4n) is 3.25. The van der Waals surface area contributed by atoms with Crippen LogP contribution in [0.1, 0.15) is 39.0 Å². The van der Waals surface area contributed by atoms with E-state index in [1.54, 1.807) is 4.90 Å². The predicted octanol–water partition coefficient (Wildman–Crippen LogP) is 1.12. The number of carboxylic acids is 1. The van der Waals surface area contributed by atoms with Gasteiger partial charge < -0.3 is 20.2 Å². The lowest BCUT2D eigenvalue weighted by molar-refractivity contribution is -0.143. The fraction of sp³-hybridized carbons (Fsp3) is 0.857. The van der Waals surface area contributed by atoms with Crippen LogP contribution in [0.3, 0.4) is 0 Å². The van der Waals surface area contributed by atoms with Crippen LogP contribution >= 0.6 is 0 Å². The monoisotopic (exact) mass is 283 g/mol. The van der Waals surface area contributed by atoms with Gasteiger partial charge >= 0.3 is 12.0 Å². The first-order valence-corrected chi connectivity index (χ1v) is 7.66. The number of rotatable bonds is 3. The molecule has 0 spiro atoms. The molecule has 2 fully saturated rings. The van der Waals surface area contributed by atoms with E-state index < -0.39 is 12.0 Å². The number of hydrogen-bond donors (Lipinski definition) is 2. The molecule has 1 atom stereocenters. The van der Waals surface area contributed by atoms with Crippen LogP contribution in [0.25, 0.3) is 0 Å². The van der Waals surface area contributed by atoms with Gasteiger partial charge in [-0.15, -0.1) is 0 Å². The summed E-state index contributed by atoms with van der Waals surface area (Å²) >= 11 is 0. The van der Waals surface area contributed by atoms with E-state index in [0.29, 0.717) is 19.5 Å². The Bertz CT molecular complexity index is 356. The van der Waals surface area contributed by atoms with E-state index in [9.17, 15) is 14.7 Å². The van der Waals surface area contributed by atoms with E-state index in [1.165, 1.54) is 0 Å². The number of aliphatic carboxylic acids is 1. The van der Waals surface area contributed by atoms with Gasteiger partial charge in [0.1, 0.15) is 6.04 Å². The molecule has 0 aliphatic carbocycles. The van der Waals surface area contributed by atoms with Gasteiger partial charge in [-0.25, -0.2) is 9.59 Å². The van der Waals surface area contributed by atoms with Crippen molar-refractivity contribution in [2.45, 2.75) is 51.1 Å². The second kappa shape index (κ2) is 6.92. The zero-order chi connectivity index (χ0) is 14.5. The Morgan fingerprint density at radius 1 is 1.25 bits per heavy atom. The van der Waals surface area contributed by atoms with Gasteiger partial charge in [-0.3, -0.25) is 0 Å². The van der Waals surface area contributed by atoms with Gasteiger partial charge in [0.25, 0.3) is 0 Å². The molecule has 2 rings (SSSR count). The summed E-state index contributed by atoms with van der Waals surface area (Å²) in [6.45, 7) is 5.04. The molecule has 2 N–H and O–H groups in total. The molecule has 0 aromatic heterocycles. The largest absolute Gasteiger partial charge is 0.480 e. The first kappa shape index (κ1) is 15.1. The standard InChI is InChI=1S/C14H25N3O3/c1-2-16(11-6-8-15-9-7-11)14(20)17-10-4-3-5-12(17)13(18)19/h11-12,15H,2-10H2,1H3,(H,18,19). The molecular formula is C14H25N3O3. The molecule has 0 radical (unpaired) electrons. The van der Waals surface area contributed by atoms with Crippen LogP contribution in [-0.4, -0.2) is 65.2 Å². The van der Waals surface area contributed by atoms with Gasteiger partial charge in [-0.1, -0.05) is 0 Å². The van der Waals surface area contributed by atoms with E-state index in [2.05, 4.69) is 5.32 Å². The minimum Gasteiger partial charge on any atom is -0.480 e. The van der Waals surface area contributed by atoms with Crippen LogP contribution in [0.2, 0.25) is 0 Å². The number of piperidine rings is 2. The highest BCUT2D eigenvalue weighted by Crippen LogP contribution is 2.21. The third-order valence-electron chi connectivity index (χ3n) is 4.37. The van der Waals surface area contributed by atoms with E-state index in [4.69, 9.17) is 0 Å². The number of nitrogens with zero attached hydrogens (tertiary/aromatic N) is 2. The molecule has 0 aromatic carbocycles. The summed E-state index contributed by atoms with van der Waals surface area (Å²) in [5.41, 5.74) is 0. The van der Waals surface area contributed by atoms with Gasteiger partial charge in [-0.2, -0.15) is 0 Å². The zero-order valence-corrected chi connectivity index (χ0v) is 12.2. The van der Waals surface area contributed by atoms with Gasteiger partial charge in [0.2, 0.25) is 0 Å². The Morgan fingerprint density at radius 3 is 2.55 bits per heavy atom. The highest BCUT2D eigenvalue weighted by atomic mass is 16.4. The van der Waals surface area contributed by atoms with Crippen molar-refractivity contribution >= 4 is 12.0 Å². The summed E-state index contributed by atoms with van der Waals surface area (Å²) in [6.07, 6.45) is 4.26. The first-order chi connectivity index (χ1) is 9.65. The lowest BCUT2D eigenvalue weighted by atomic mass is 10.0. The molecule has 1 unspecified atom stereocenters. The second-order valence-corrected chi connectivity index (χ2v) is 5.59. The molecule has 2 saturated heterocycles. The van der Waals surface area contributed by atoms with E-state index in [0.717, 1.165) is 38.8 Å². The minimum absolute atomic E-state index is 0.0912. The average molecular weight is 283 g/mol. The number of likely N-dealkylation sites (tertiary alicyclic amines) is 1. The van der Waals surface area contributed by atoms with Crippen LogP contribution in [0.4, 0.5) is 4.79 Å². The molecule has 2 aliphatic rings. The van der Waals surface area contributed by atoms with Crippen molar-refractivity contribution in [1.29, 1.82) is 0 Å². The highest BCUT2D eigenvalue weighted by Gasteiger charge is 2.36. The maximum Gasteiger partial charge on any atom is 0.326 e. The van der Waals surface area contributed by atoms with Crippen LogP contribution in [0, 0.1) is 0 Å².